The van der Waals surface area contributed by atoms with Gasteiger partial charge in [-0.05, 0) is 24.3 Å². The van der Waals surface area contributed by atoms with E-state index in [-0.39, 0.29) is 12.5 Å². The van der Waals surface area contributed by atoms with E-state index in [9.17, 15) is 9.59 Å². The van der Waals surface area contributed by atoms with Crippen LogP contribution in [-0.2, 0) is 16.1 Å². The smallest absolute Gasteiger partial charge is 0.413 e. The van der Waals surface area contributed by atoms with E-state index in [0.29, 0.717) is 6.04 Å². The zero-order valence-corrected chi connectivity index (χ0v) is 12.3. The van der Waals surface area contributed by atoms with Gasteiger partial charge in [-0.1, -0.05) is 0 Å². The number of imide groups is 1. The van der Waals surface area contributed by atoms with Crippen LogP contribution in [0.4, 0.5) is 4.79 Å². The van der Waals surface area contributed by atoms with Gasteiger partial charge in [0, 0.05) is 18.4 Å². The molecular formula is C15H21N2O4+. The Morgan fingerprint density at radius 2 is 1.90 bits per heavy atom. The SMILES string of the molecule is COC(=O)NC(=O)C[NH+](Cc1ccc(OC)cc1)C1CC1. The lowest BCUT2D eigenvalue weighted by Crippen LogP contribution is -3.13. The molecule has 0 heterocycles. The van der Waals surface area contributed by atoms with Crippen molar-refractivity contribution < 1.29 is 24.0 Å². The molecule has 1 aliphatic carbocycles. The van der Waals surface area contributed by atoms with Gasteiger partial charge in [-0.2, -0.15) is 0 Å². The highest BCUT2D eigenvalue weighted by molar-refractivity contribution is 5.92. The van der Waals surface area contributed by atoms with Crippen LogP contribution in [0.15, 0.2) is 24.3 Å². The molecule has 114 valence electrons. The summed E-state index contributed by atoms with van der Waals surface area (Å²) in [7, 11) is 2.87. The van der Waals surface area contributed by atoms with Crippen molar-refractivity contribution in [2.45, 2.75) is 25.4 Å². The van der Waals surface area contributed by atoms with Gasteiger partial charge < -0.3 is 14.4 Å². The molecule has 0 bridgehead atoms. The normalized spacial score (nSPS) is 15.1. The van der Waals surface area contributed by atoms with E-state index >= 15 is 0 Å². The second-order valence-electron chi connectivity index (χ2n) is 5.17. The Bertz CT molecular complexity index is 497. The van der Waals surface area contributed by atoms with E-state index < -0.39 is 6.09 Å². The van der Waals surface area contributed by atoms with Crippen molar-refractivity contribution in [3.8, 4) is 5.75 Å². The van der Waals surface area contributed by atoms with E-state index in [2.05, 4.69) is 10.1 Å². The van der Waals surface area contributed by atoms with E-state index in [1.807, 2.05) is 24.3 Å². The van der Waals surface area contributed by atoms with Gasteiger partial charge in [-0.25, -0.2) is 4.79 Å². The second-order valence-corrected chi connectivity index (χ2v) is 5.17. The Morgan fingerprint density at radius 3 is 2.43 bits per heavy atom. The molecular weight excluding hydrogens is 272 g/mol. The average Bonchev–Trinajstić information content (AvgIpc) is 3.31. The maximum absolute atomic E-state index is 11.8. The number of benzene rings is 1. The molecule has 1 atom stereocenters. The number of hydrogen-bond acceptors (Lipinski definition) is 4. The van der Waals surface area contributed by atoms with Crippen LogP contribution in [-0.4, -0.2) is 38.8 Å². The first-order valence-electron chi connectivity index (χ1n) is 6.97. The minimum absolute atomic E-state index is 0.270. The average molecular weight is 293 g/mol. The second kappa shape index (κ2) is 7.08. The van der Waals surface area contributed by atoms with Crippen LogP contribution in [0.25, 0.3) is 0 Å². The van der Waals surface area contributed by atoms with Crippen molar-refractivity contribution in [2.24, 2.45) is 0 Å². The lowest BCUT2D eigenvalue weighted by molar-refractivity contribution is -0.917. The number of methoxy groups -OCH3 is 2. The third-order valence-electron chi connectivity index (χ3n) is 3.56. The zero-order valence-electron chi connectivity index (χ0n) is 12.3. The number of amides is 2. The van der Waals surface area contributed by atoms with E-state index in [1.165, 1.54) is 12.0 Å². The first-order chi connectivity index (χ1) is 10.1. The molecule has 0 aliphatic heterocycles. The monoisotopic (exact) mass is 293 g/mol. The molecule has 1 aliphatic rings. The number of nitrogens with one attached hydrogen (secondary N) is 2. The molecule has 2 N–H and O–H groups in total. The molecule has 1 aromatic rings. The maximum atomic E-state index is 11.8. The zero-order chi connectivity index (χ0) is 15.2. The minimum Gasteiger partial charge on any atom is -0.497 e. The maximum Gasteiger partial charge on any atom is 0.413 e. The topological polar surface area (TPSA) is 69.1 Å². The van der Waals surface area contributed by atoms with Crippen LogP contribution >= 0.6 is 0 Å². The molecule has 2 amide bonds. The first kappa shape index (κ1) is 15.3. The summed E-state index contributed by atoms with van der Waals surface area (Å²) in [4.78, 5) is 24.0. The molecule has 0 radical (unpaired) electrons. The molecule has 0 saturated heterocycles. The van der Waals surface area contributed by atoms with Crippen molar-refractivity contribution in [2.75, 3.05) is 20.8 Å². The summed E-state index contributed by atoms with van der Waals surface area (Å²) < 4.78 is 9.56. The third kappa shape index (κ3) is 4.75. The van der Waals surface area contributed by atoms with Crippen LogP contribution in [0.5, 0.6) is 5.75 Å². The van der Waals surface area contributed by atoms with Gasteiger partial charge in [-0.15, -0.1) is 0 Å². The van der Waals surface area contributed by atoms with Gasteiger partial charge in [0.05, 0.1) is 20.3 Å². The summed E-state index contributed by atoms with van der Waals surface area (Å²) in [6, 6.07) is 8.32. The fourth-order valence-corrected chi connectivity index (χ4v) is 2.26. The van der Waals surface area contributed by atoms with Crippen molar-refractivity contribution in [1.82, 2.24) is 5.32 Å². The molecule has 1 unspecified atom stereocenters. The van der Waals surface area contributed by atoms with Crippen LogP contribution < -0.4 is 15.0 Å². The third-order valence-corrected chi connectivity index (χ3v) is 3.56. The summed E-state index contributed by atoms with van der Waals surface area (Å²) in [6.45, 7) is 1.02. The summed E-state index contributed by atoms with van der Waals surface area (Å²) in [6.07, 6.45) is 1.54. The molecule has 6 nitrogen and oxygen atoms in total. The van der Waals surface area contributed by atoms with Gasteiger partial charge in [-0.3, -0.25) is 10.1 Å². The number of carbonyl (C=O) groups excluding carboxylic acids is 2. The van der Waals surface area contributed by atoms with Crippen molar-refractivity contribution in [3.63, 3.8) is 0 Å². The Hall–Kier alpha value is -2.08. The number of quaternary nitrogens is 1. The van der Waals surface area contributed by atoms with Gasteiger partial charge in [0.25, 0.3) is 5.91 Å². The van der Waals surface area contributed by atoms with Crippen LogP contribution in [0, 0.1) is 0 Å². The van der Waals surface area contributed by atoms with Gasteiger partial charge in [0.1, 0.15) is 12.3 Å². The van der Waals surface area contributed by atoms with Crippen LogP contribution in [0.3, 0.4) is 0 Å². The van der Waals surface area contributed by atoms with E-state index in [0.717, 1.165) is 30.7 Å². The highest BCUT2D eigenvalue weighted by Gasteiger charge is 2.34. The number of carbonyl (C=O) groups is 2. The lowest BCUT2D eigenvalue weighted by Gasteiger charge is -2.18. The number of ether oxygens (including phenoxy) is 2. The molecule has 1 aromatic carbocycles. The van der Waals surface area contributed by atoms with Crippen molar-refractivity contribution in [1.29, 1.82) is 0 Å². The van der Waals surface area contributed by atoms with Crippen molar-refractivity contribution >= 4 is 12.0 Å². The number of alkyl carbamates (subject to hydrolysis) is 1. The summed E-state index contributed by atoms with van der Waals surface area (Å²) >= 11 is 0. The summed E-state index contributed by atoms with van der Waals surface area (Å²) in [5, 5.41) is 2.21. The highest BCUT2D eigenvalue weighted by Crippen LogP contribution is 2.16. The van der Waals surface area contributed by atoms with Crippen LogP contribution in [0.1, 0.15) is 18.4 Å². The fraction of sp³-hybridized carbons (Fsp3) is 0.467. The van der Waals surface area contributed by atoms with E-state index in [4.69, 9.17) is 4.74 Å². The van der Waals surface area contributed by atoms with Crippen molar-refractivity contribution in [3.05, 3.63) is 29.8 Å². The quantitative estimate of drug-likeness (QED) is 0.782. The molecule has 1 fully saturated rings. The fourth-order valence-electron chi connectivity index (χ4n) is 2.26. The Kier molecular flexibility index (Phi) is 5.16. The lowest BCUT2D eigenvalue weighted by atomic mass is 10.2. The molecule has 1 saturated carbocycles. The molecule has 0 aromatic heterocycles. The van der Waals surface area contributed by atoms with Crippen LogP contribution in [0.2, 0.25) is 0 Å². The molecule has 2 rings (SSSR count). The number of hydrogen-bond donors (Lipinski definition) is 2. The molecule has 0 spiro atoms. The summed E-state index contributed by atoms with van der Waals surface area (Å²) in [5.74, 6) is 0.507. The summed E-state index contributed by atoms with van der Waals surface area (Å²) in [5.41, 5.74) is 1.14. The Morgan fingerprint density at radius 1 is 1.24 bits per heavy atom. The minimum atomic E-state index is -0.709. The number of rotatable bonds is 6. The molecule has 6 heteroatoms. The van der Waals surface area contributed by atoms with Gasteiger partial charge >= 0.3 is 6.09 Å². The predicted molar refractivity (Wildman–Crippen MR) is 76.1 cm³/mol. The Labute approximate surface area is 124 Å². The predicted octanol–water partition coefficient (Wildman–Crippen LogP) is 0.125. The largest absolute Gasteiger partial charge is 0.497 e. The standard InChI is InChI=1S/C15H20N2O4/c1-20-13-7-3-11(4-8-13)9-17(12-5-6-12)10-14(18)16-15(19)21-2/h3-4,7-8,12H,5-6,9-10H2,1-2H3,(H,16,18,19)/p+1. The highest BCUT2D eigenvalue weighted by atomic mass is 16.5. The molecule has 21 heavy (non-hydrogen) atoms. The van der Waals surface area contributed by atoms with Gasteiger partial charge in [0.2, 0.25) is 0 Å². The van der Waals surface area contributed by atoms with Gasteiger partial charge in [0.15, 0.2) is 6.54 Å². The Balaban J connectivity index is 1.92. The van der Waals surface area contributed by atoms with E-state index in [1.54, 1.807) is 7.11 Å². The first-order valence-corrected chi connectivity index (χ1v) is 6.97.